The Labute approximate surface area is 59.2 Å². The number of rotatable bonds is 0. The number of nitrogens with zero attached hydrogens (tertiary/aromatic N) is 1. The molecule has 0 saturated carbocycles. The molecule has 0 aliphatic carbocycles. The average molecular weight is 138 g/mol. The number of hydrogen-bond acceptors (Lipinski definition) is 4. The summed E-state index contributed by atoms with van der Waals surface area (Å²) >= 11 is 0. The Morgan fingerprint density at radius 1 is 1.40 bits per heavy atom. The van der Waals surface area contributed by atoms with E-state index in [1.807, 2.05) is 0 Å². The molecule has 0 saturated heterocycles. The van der Waals surface area contributed by atoms with E-state index in [4.69, 9.17) is 17.3 Å². The third kappa shape index (κ3) is 1.11. The summed E-state index contributed by atoms with van der Waals surface area (Å²) in [5, 5.41) is 1.37. The standard InChI is InChI=1S/C6H10N4/c7-3-6-2-1-5(8)4-10(6)9/h1-4H,7-9H2/b6-3-. The van der Waals surface area contributed by atoms with Crippen LogP contribution >= 0.6 is 0 Å². The van der Waals surface area contributed by atoms with Crippen molar-refractivity contribution in [2.24, 2.45) is 17.3 Å². The molecule has 0 fully saturated rings. The molecule has 6 N–H and O–H groups in total. The molecule has 0 radical (unpaired) electrons. The van der Waals surface area contributed by atoms with Crippen LogP contribution in [0.3, 0.4) is 0 Å². The van der Waals surface area contributed by atoms with Gasteiger partial charge in [-0.25, -0.2) is 5.84 Å². The molecule has 1 aliphatic rings. The largest absolute Gasteiger partial charge is 0.403 e. The third-order valence-electron chi connectivity index (χ3n) is 1.20. The predicted molar refractivity (Wildman–Crippen MR) is 39.7 cm³/mol. The van der Waals surface area contributed by atoms with Gasteiger partial charge in [-0.15, -0.1) is 0 Å². The Balaban J connectivity index is 2.84. The van der Waals surface area contributed by atoms with E-state index in [0.717, 1.165) is 5.70 Å². The minimum atomic E-state index is 0.619. The highest BCUT2D eigenvalue weighted by Gasteiger charge is 2.02. The highest BCUT2D eigenvalue weighted by Crippen LogP contribution is 2.07. The number of nitrogens with two attached hydrogens (primary N) is 3. The van der Waals surface area contributed by atoms with Gasteiger partial charge in [-0.3, -0.25) is 5.01 Å². The fraction of sp³-hybridized carbons (Fsp3) is 0. The second-order valence-corrected chi connectivity index (χ2v) is 1.96. The van der Waals surface area contributed by atoms with Gasteiger partial charge in [0.2, 0.25) is 0 Å². The topological polar surface area (TPSA) is 81.3 Å². The van der Waals surface area contributed by atoms with Crippen LogP contribution in [-0.4, -0.2) is 5.01 Å². The van der Waals surface area contributed by atoms with Crippen molar-refractivity contribution < 1.29 is 0 Å². The summed E-state index contributed by atoms with van der Waals surface area (Å²) in [5.41, 5.74) is 12.0. The van der Waals surface area contributed by atoms with Crippen molar-refractivity contribution in [2.75, 3.05) is 0 Å². The van der Waals surface area contributed by atoms with Crippen molar-refractivity contribution in [1.82, 2.24) is 5.01 Å². The van der Waals surface area contributed by atoms with Crippen molar-refractivity contribution in [3.05, 3.63) is 35.9 Å². The first-order chi connectivity index (χ1) is 4.74. The predicted octanol–water partition coefficient (Wildman–Crippen LogP) is -0.668. The van der Waals surface area contributed by atoms with Gasteiger partial charge in [0.15, 0.2) is 0 Å². The molecule has 0 spiro atoms. The van der Waals surface area contributed by atoms with E-state index < -0.39 is 0 Å². The number of allylic oxidation sites excluding steroid dienone is 2. The van der Waals surface area contributed by atoms with E-state index in [1.54, 1.807) is 18.4 Å². The zero-order valence-corrected chi connectivity index (χ0v) is 5.49. The smallest absolute Gasteiger partial charge is 0.0724 e. The normalized spacial score (nSPS) is 21.5. The zero-order valence-electron chi connectivity index (χ0n) is 5.49. The molecule has 4 heteroatoms. The molecular formula is C6H10N4. The molecule has 0 aromatic rings. The summed E-state index contributed by atoms with van der Waals surface area (Å²) in [6.45, 7) is 0. The van der Waals surface area contributed by atoms with Gasteiger partial charge in [0.05, 0.1) is 5.70 Å². The summed E-state index contributed by atoms with van der Waals surface area (Å²) in [4.78, 5) is 0. The van der Waals surface area contributed by atoms with Crippen LogP contribution in [0.15, 0.2) is 35.9 Å². The molecule has 0 atom stereocenters. The maximum absolute atomic E-state index is 5.46. The highest BCUT2D eigenvalue weighted by atomic mass is 15.4. The Hall–Kier alpha value is -1.42. The van der Waals surface area contributed by atoms with Crippen LogP contribution in [0.25, 0.3) is 0 Å². The molecule has 0 amide bonds. The van der Waals surface area contributed by atoms with Crippen LogP contribution in [0.2, 0.25) is 0 Å². The molecule has 1 rings (SSSR count). The van der Waals surface area contributed by atoms with Gasteiger partial charge in [-0.05, 0) is 12.2 Å². The second kappa shape index (κ2) is 2.45. The van der Waals surface area contributed by atoms with E-state index in [-0.39, 0.29) is 0 Å². The van der Waals surface area contributed by atoms with Crippen molar-refractivity contribution >= 4 is 0 Å². The fourth-order valence-electron chi connectivity index (χ4n) is 0.687. The summed E-state index contributed by atoms with van der Waals surface area (Å²) < 4.78 is 0. The zero-order chi connectivity index (χ0) is 7.56. The van der Waals surface area contributed by atoms with Gasteiger partial charge in [0.25, 0.3) is 0 Å². The van der Waals surface area contributed by atoms with Gasteiger partial charge in [-0.2, -0.15) is 0 Å². The summed E-state index contributed by atoms with van der Waals surface area (Å²) in [5.74, 6) is 5.46. The average Bonchev–Trinajstić information content (AvgIpc) is 1.88. The van der Waals surface area contributed by atoms with Crippen molar-refractivity contribution in [2.45, 2.75) is 0 Å². The maximum atomic E-state index is 5.46. The maximum Gasteiger partial charge on any atom is 0.0724 e. The van der Waals surface area contributed by atoms with Gasteiger partial charge in [0, 0.05) is 18.1 Å². The van der Waals surface area contributed by atoms with Crippen LogP contribution in [0.4, 0.5) is 0 Å². The highest BCUT2D eigenvalue weighted by molar-refractivity contribution is 5.30. The quantitative estimate of drug-likeness (QED) is 0.388. The van der Waals surface area contributed by atoms with Crippen LogP contribution in [0.1, 0.15) is 0 Å². The minimum absolute atomic E-state index is 0.619. The minimum Gasteiger partial charge on any atom is -0.403 e. The molecule has 0 aromatic carbocycles. The number of hydrogen-bond donors (Lipinski definition) is 3. The first kappa shape index (κ1) is 6.70. The first-order valence-corrected chi connectivity index (χ1v) is 2.85. The second-order valence-electron chi connectivity index (χ2n) is 1.96. The Bertz CT molecular complexity index is 214. The van der Waals surface area contributed by atoms with E-state index in [1.165, 1.54) is 11.2 Å². The summed E-state index contributed by atoms with van der Waals surface area (Å²) in [7, 11) is 0. The molecule has 1 aliphatic heterocycles. The molecule has 54 valence electrons. The lowest BCUT2D eigenvalue weighted by molar-refractivity contribution is 0.498. The SMILES string of the molecule is N/C=C1/C=CC(N)=CN1N. The Morgan fingerprint density at radius 3 is 2.60 bits per heavy atom. The van der Waals surface area contributed by atoms with E-state index in [0.29, 0.717) is 5.70 Å². The number of hydrazine groups is 1. The lowest BCUT2D eigenvalue weighted by atomic mass is 10.3. The van der Waals surface area contributed by atoms with Crippen molar-refractivity contribution in [1.29, 1.82) is 0 Å². The van der Waals surface area contributed by atoms with Crippen LogP contribution < -0.4 is 17.3 Å². The molecule has 10 heavy (non-hydrogen) atoms. The van der Waals surface area contributed by atoms with E-state index in [9.17, 15) is 0 Å². The van der Waals surface area contributed by atoms with Crippen molar-refractivity contribution in [3.8, 4) is 0 Å². The molecule has 0 unspecified atom stereocenters. The first-order valence-electron chi connectivity index (χ1n) is 2.85. The molecule has 0 bridgehead atoms. The molecule has 1 heterocycles. The third-order valence-corrected chi connectivity index (χ3v) is 1.20. The van der Waals surface area contributed by atoms with Crippen molar-refractivity contribution in [3.63, 3.8) is 0 Å². The lowest BCUT2D eigenvalue weighted by Gasteiger charge is -2.17. The fourth-order valence-corrected chi connectivity index (χ4v) is 0.687. The van der Waals surface area contributed by atoms with E-state index >= 15 is 0 Å². The Kier molecular flexibility index (Phi) is 1.64. The van der Waals surface area contributed by atoms with Gasteiger partial charge >= 0.3 is 0 Å². The van der Waals surface area contributed by atoms with E-state index in [2.05, 4.69) is 0 Å². The van der Waals surface area contributed by atoms with Crippen LogP contribution in [-0.2, 0) is 0 Å². The summed E-state index contributed by atoms with van der Waals surface area (Å²) in [6, 6.07) is 0. The Morgan fingerprint density at radius 2 is 2.10 bits per heavy atom. The lowest BCUT2D eigenvalue weighted by Crippen LogP contribution is -2.27. The molecular weight excluding hydrogens is 128 g/mol. The monoisotopic (exact) mass is 138 g/mol. The van der Waals surface area contributed by atoms with Crippen LogP contribution in [0, 0.1) is 0 Å². The molecule has 0 aromatic heterocycles. The van der Waals surface area contributed by atoms with Gasteiger partial charge < -0.3 is 11.5 Å². The van der Waals surface area contributed by atoms with Gasteiger partial charge in [0.1, 0.15) is 0 Å². The summed E-state index contributed by atoms with van der Waals surface area (Å²) in [6.07, 6.45) is 6.50. The van der Waals surface area contributed by atoms with Gasteiger partial charge in [-0.1, -0.05) is 0 Å². The van der Waals surface area contributed by atoms with Crippen LogP contribution in [0.5, 0.6) is 0 Å². The molecule has 4 nitrogen and oxygen atoms in total.